The third-order valence-electron chi connectivity index (χ3n) is 0.868. The number of hydrogen-bond donors (Lipinski definition) is 0. The highest BCUT2D eigenvalue weighted by Gasteiger charge is 2.04. The SMILES string of the molecule is CS(=O)(=O)n1cc(Cl)cn1. The topological polar surface area (TPSA) is 52.0 Å². The maximum absolute atomic E-state index is 10.7. The Hall–Kier alpha value is -0.550. The third kappa shape index (κ3) is 1.48. The van der Waals surface area contributed by atoms with Crippen molar-refractivity contribution in [1.29, 1.82) is 0 Å². The average molecular weight is 181 g/mol. The van der Waals surface area contributed by atoms with E-state index in [1.807, 2.05) is 0 Å². The van der Waals surface area contributed by atoms with Gasteiger partial charge in [0, 0.05) is 0 Å². The Morgan fingerprint density at radius 3 is 2.50 bits per heavy atom. The molecule has 4 nitrogen and oxygen atoms in total. The van der Waals surface area contributed by atoms with Crippen LogP contribution in [0.25, 0.3) is 0 Å². The summed E-state index contributed by atoms with van der Waals surface area (Å²) in [5.74, 6) is 0. The fraction of sp³-hybridized carbons (Fsp3) is 0.250. The molecular weight excluding hydrogens is 176 g/mol. The van der Waals surface area contributed by atoms with E-state index in [1.165, 1.54) is 12.4 Å². The molecule has 0 aliphatic heterocycles. The van der Waals surface area contributed by atoms with Gasteiger partial charge in [-0.15, -0.1) is 0 Å². The van der Waals surface area contributed by atoms with Gasteiger partial charge < -0.3 is 0 Å². The first kappa shape index (κ1) is 7.56. The van der Waals surface area contributed by atoms with E-state index in [-0.39, 0.29) is 0 Å². The Morgan fingerprint density at radius 2 is 2.30 bits per heavy atom. The minimum atomic E-state index is -3.26. The molecule has 0 unspecified atom stereocenters. The highest BCUT2D eigenvalue weighted by atomic mass is 35.5. The van der Waals surface area contributed by atoms with Crippen LogP contribution in [0.5, 0.6) is 0 Å². The minimum absolute atomic E-state index is 0.311. The molecule has 0 atom stereocenters. The standard InChI is InChI=1S/C4H5ClN2O2S/c1-10(8,9)7-3-4(5)2-6-7/h2-3H,1H3. The number of rotatable bonds is 1. The summed E-state index contributed by atoms with van der Waals surface area (Å²) in [6.45, 7) is 0. The molecule has 0 aliphatic carbocycles. The van der Waals surface area contributed by atoms with E-state index >= 15 is 0 Å². The van der Waals surface area contributed by atoms with Gasteiger partial charge in [0.25, 0.3) is 10.0 Å². The van der Waals surface area contributed by atoms with Crippen LogP contribution in [0.3, 0.4) is 0 Å². The highest BCUT2D eigenvalue weighted by molar-refractivity contribution is 7.89. The lowest BCUT2D eigenvalue weighted by molar-refractivity contribution is 0.586. The van der Waals surface area contributed by atoms with E-state index in [0.717, 1.165) is 10.3 Å². The van der Waals surface area contributed by atoms with E-state index in [4.69, 9.17) is 11.6 Å². The van der Waals surface area contributed by atoms with Gasteiger partial charge in [0.05, 0.1) is 23.7 Å². The van der Waals surface area contributed by atoms with Crippen molar-refractivity contribution in [3.8, 4) is 0 Å². The molecule has 0 N–H and O–H groups in total. The zero-order valence-electron chi connectivity index (χ0n) is 5.15. The molecule has 0 radical (unpaired) electrons. The smallest absolute Gasteiger partial charge is 0.205 e. The van der Waals surface area contributed by atoms with Gasteiger partial charge in [-0.1, -0.05) is 11.6 Å². The van der Waals surface area contributed by atoms with E-state index in [2.05, 4.69) is 5.10 Å². The van der Waals surface area contributed by atoms with Gasteiger partial charge in [-0.25, -0.2) is 8.42 Å². The molecule has 0 spiro atoms. The van der Waals surface area contributed by atoms with Gasteiger partial charge in [-0.2, -0.15) is 9.19 Å². The van der Waals surface area contributed by atoms with Crippen LogP contribution in [0.15, 0.2) is 12.4 Å². The molecule has 0 aliphatic rings. The van der Waals surface area contributed by atoms with E-state index < -0.39 is 10.0 Å². The zero-order valence-corrected chi connectivity index (χ0v) is 6.72. The average Bonchev–Trinajstić information content (AvgIpc) is 2.11. The fourth-order valence-electron chi connectivity index (χ4n) is 0.466. The van der Waals surface area contributed by atoms with Gasteiger partial charge in [0.1, 0.15) is 0 Å². The molecule has 0 saturated heterocycles. The molecule has 0 amide bonds. The maximum atomic E-state index is 10.7. The Bertz CT molecular complexity index is 329. The second-order valence-corrected chi connectivity index (χ2v) is 4.07. The second-order valence-electron chi connectivity index (χ2n) is 1.79. The summed E-state index contributed by atoms with van der Waals surface area (Å²) < 4.78 is 22.2. The van der Waals surface area contributed by atoms with Gasteiger partial charge in [0.2, 0.25) is 0 Å². The van der Waals surface area contributed by atoms with Crippen LogP contribution in [0, 0.1) is 0 Å². The summed E-state index contributed by atoms with van der Waals surface area (Å²) >= 11 is 5.42. The van der Waals surface area contributed by atoms with Crippen molar-refractivity contribution >= 4 is 21.6 Å². The van der Waals surface area contributed by atoms with Crippen LogP contribution in [-0.2, 0) is 10.0 Å². The Morgan fingerprint density at radius 1 is 1.70 bits per heavy atom. The minimum Gasteiger partial charge on any atom is -0.205 e. The molecule has 6 heteroatoms. The summed E-state index contributed by atoms with van der Waals surface area (Å²) in [7, 11) is -3.26. The van der Waals surface area contributed by atoms with Crippen molar-refractivity contribution in [3.63, 3.8) is 0 Å². The van der Waals surface area contributed by atoms with Crippen LogP contribution >= 0.6 is 11.6 Å². The molecular formula is C4H5ClN2O2S. The number of halogens is 1. The normalized spacial score (nSPS) is 11.8. The van der Waals surface area contributed by atoms with Crippen LogP contribution in [0.2, 0.25) is 5.02 Å². The summed E-state index contributed by atoms with van der Waals surface area (Å²) in [4.78, 5) is 0. The molecule has 0 fully saturated rings. The lowest BCUT2D eigenvalue weighted by Crippen LogP contribution is -2.09. The predicted octanol–water partition coefficient (Wildman–Crippen LogP) is 0.344. The number of nitrogens with zero attached hydrogens (tertiary/aromatic N) is 2. The number of aromatic nitrogens is 2. The summed E-state index contributed by atoms with van der Waals surface area (Å²) in [5, 5.41) is 3.79. The molecule has 10 heavy (non-hydrogen) atoms. The lowest BCUT2D eigenvalue weighted by Gasteiger charge is -1.92. The van der Waals surface area contributed by atoms with Crippen LogP contribution in [0.4, 0.5) is 0 Å². The van der Waals surface area contributed by atoms with Crippen LogP contribution < -0.4 is 0 Å². The predicted molar refractivity (Wildman–Crippen MR) is 37.5 cm³/mol. The summed E-state index contributed by atoms with van der Waals surface area (Å²) in [6, 6.07) is 0. The summed E-state index contributed by atoms with van der Waals surface area (Å²) in [6.07, 6.45) is 3.55. The zero-order chi connectivity index (χ0) is 7.78. The summed E-state index contributed by atoms with van der Waals surface area (Å²) in [5.41, 5.74) is 0. The largest absolute Gasteiger partial charge is 0.250 e. The lowest BCUT2D eigenvalue weighted by atomic mass is 10.8. The molecule has 1 aromatic heterocycles. The van der Waals surface area contributed by atoms with Crippen molar-refractivity contribution in [1.82, 2.24) is 9.19 Å². The molecule has 1 aromatic rings. The van der Waals surface area contributed by atoms with Gasteiger partial charge in [-0.05, 0) is 0 Å². The van der Waals surface area contributed by atoms with E-state index in [1.54, 1.807) is 0 Å². The Kier molecular flexibility index (Phi) is 1.70. The molecule has 1 heterocycles. The van der Waals surface area contributed by atoms with Gasteiger partial charge in [0.15, 0.2) is 0 Å². The third-order valence-corrected chi connectivity index (χ3v) is 1.94. The molecule has 0 bridgehead atoms. The molecule has 0 saturated carbocycles. The number of hydrogen-bond acceptors (Lipinski definition) is 3. The highest BCUT2D eigenvalue weighted by Crippen LogP contribution is 2.05. The van der Waals surface area contributed by atoms with Crippen LogP contribution in [0.1, 0.15) is 0 Å². The van der Waals surface area contributed by atoms with Crippen molar-refractivity contribution in [2.45, 2.75) is 0 Å². The Balaban J connectivity index is 3.21. The van der Waals surface area contributed by atoms with E-state index in [9.17, 15) is 8.42 Å². The molecule has 56 valence electrons. The monoisotopic (exact) mass is 180 g/mol. The quantitative estimate of drug-likeness (QED) is 0.627. The van der Waals surface area contributed by atoms with Crippen molar-refractivity contribution in [2.24, 2.45) is 0 Å². The Labute approximate surface area is 63.5 Å². The maximum Gasteiger partial charge on any atom is 0.250 e. The first-order valence-corrected chi connectivity index (χ1v) is 4.63. The second kappa shape index (κ2) is 2.25. The van der Waals surface area contributed by atoms with Crippen LogP contribution in [-0.4, -0.2) is 23.9 Å². The first-order valence-electron chi connectivity index (χ1n) is 2.41. The van der Waals surface area contributed by atoms with Gasteiger partial charge in [-0.3, -0.25) is 0 Å². The fourth-order valence-corrected chi connectivity index (χ4v) is 1.18. The van der Waals surface area contributed by atoms with Crippen molar-refractivity contribution in [2.75, 3.05) is 6.26 Å². The molecule has 1 rings (SSSR count). The van der Waals surface area contributed by atoms with E-state index in [0.29, 0.717) is 5.02 Å². The van der Waals surface area contributed by atoms with Crippen molar-refractivity contribution in [3.05, 3.63) is 17.4 Å². The molecule has 0 aromatic carbocycles. The van der Waals surface area contributed by atoms with Gasteiger partial charge >= 0.3 is 0 Å². The first-order chi connectivity index (χ1) is 4.50. The van der Waals surface area contributed by atoms with Crippen molar-refractivity contribution < 1.29 is 8.42 Å².